The van der Waals surface area contributed by atoms with Crippen molar-refractivity contribution < 1.29 is 4.79 Å². The molecule has 4 heteroatoms. The Morgan fingerprint density at radius 3 is 2.72 bits per heavy atom. The van der Waals surface area contributed by atoms with Crippen LogP contribution >= 0.6 is 0 Å². The first-order valence-electron chi connectivity index (χ1n) is 7.27. The van der Waals surface area contributed by atoms with Gasteiger partial charge in [0.25, 0.3) is 0 Å². The fraction of sp³-hybridized carbons (Fsp3) is 0.929. The quantitative estimate of drug-likeness (QED) is 0.753. The molecule has 18 heavy (non-hydrogen) atoms. The number of amides is 1. The summed E-state index contributed by atoms with van der Waals surface area (Å²) in [6, 6.07) is 0.552. The molecule has 4 unspecified atom stereocenters. The maximum absolute atomic E-state index is 12.2. The van der Waals surface area contributed by atoms with E-state index in [0.29, 0.717) is 18.5 Å². The van der Waals surface area contributed by atoms with Crippen LogP contribution in [0.3, 0.4) is 0 Å². The Kier molecular flexibility index (Phi) is 6.09. The van der Waals surface area contributed by atoms with Gasteiger partial charge in [0, 0.05) is 18.6 Å². The molecule has 0 spiro atoms. The Morgan fingerprint density at radius 1 is 1.50 bits per heavy atom. The minimum Gasteiger partial charge on any atom is -0.352 e. The van der Waals surface area contributed by atoms with E-state index in [4.69, 9.17) is 5.73 Å². The molecule has 3 N–H and O–H groups in total. The van der Waals surface area contributed by atoms with Crippen molar-refractivity contribution in [2.75, 3.05) is 13.1 Å². The molecule has 1 fully saturated rings. The molecule has 1 rings (SSSR count). The molecule has 4 atom stereocenters. The maximum atomic E-state index is 12.2. The number of carbonyl (C=O) groups excluding carboxylic acids is 1. The summed E-state index contributed by atoms with van der Waals surface area (Å²) in [6.45, 7) is 10.1. The van der Waals surface area contributed by atoms with E-state index in [1.54, 1.807) is 0 Å². The molecule has 1 amide bonds. The number of hydrogen-bond donors (Lipinski definition) is 2. The molecule has 0 aromatic heterocycles. The van der Waals surface area contributed by atoms with E-state index in [2.05, 4.69) is 31.0 Å². The lowest BCUT2D eigenvalue weighted by atomic mass is 10.0. The minimum atomic E-state index is -0.0668. The summed E-state index contributed by atoms with van der Waals surface area (Å²) in [4.78, 5) is 14.5. The summed E-state index contributed by atoms with van der Waals surface area (Å²) in [5.74, 6) is 0.738. The number of likely N-dealkylation sites (tertiary alicyclic amines) is 1. The standard InChI is InChI=1S/C14H29N3O/c1-5-6-11(3)16-14(18)12(4)17-8-7-10(2)13(17)9-15/h10-13H,5-9,15H2,1-4H3,(H,16,18). The fourth-order valence-electron chi connectivity index (χ4n) is 2.91. The zero-order valence-corrected chi connectivity index (χ0v) is 12.3. The Balaban J connectivity index is 2.53. The van der Waals surface area contributed by atoms with Crippen molar-refractivity contribution >= 4 is 5.91 Å². The number of nitrogens with one attached hydrogen (secondary N) is 1. The van der Waals surface area contributed by atoms with Crippen molar-refractivity contribution in [2.24, 2.45) is 11.7 Å². The first-order valence-corrected chi connectivity index (χ1v) is 7.27. The SMILES string of the molecule is CCCC(C)NC(=O)C(C)N1CCC(C)C1CN. The van der Waals surface area contributed by atoms with Gasteiger partial charge in [-0.3, -0.25) is 9.69 Å². The van der Waals surface area contributed by atoms with Gasteiger partial charge in [-0.1, -0.05) is 20.3 Å². The molecule has 1 saturated heterocycles. The second kappa shape index (κ2) is 7.10. The normalized spacial score (nSPS) is 28.1. The van der Waals surface area contributed by atoms with Crippen molar-refractivity contribution in [1.82, 2.24) is 10.2 Å². The van der Waals surface area contributed by atoms with Gasteiger partial charge in [-0.25, -0.2) is 0 Å². The van der Waals surface area contributed by atoms with Crippen LogP contribution in [0.4, 0.5) is 0 Å². The molecule has 0 saturated carbocycles. The van der Waals surface area contributed by atoms with Gasteiger partial charge in [-0.2, -0.15) is 0 Å². The zero-order valence-electron chi connectivity index (χ0n) is 12.3. The molecule has 0 aromatic rings. The average Bonchev–Trinajstić information content (AvgIpc) is 2.69. The van der Waals surface area contributed by atoms with Crippen molar-refractivity contribution in [3.8, 4) is 0 Å². The number of carbonyl (C=O) groups is 1. The molecule has 0 aliphatic carbocycles. The van der Waals surface area contributed by atoms with Gasteiger partial charge in [-0.15, -0.1) is 0 Å². The van der Waals surface area contributed by atoms with E-state index in [1.807, 2.05) is 6.92 Å². The predicted octanol–water partition coefficient (Wildman–Crippen LogP) is 1.35. The van der Waals surface area contributed by atoms with Gasteiger partial charge in [-0.05, 0) is 39.2 Å². The third kappa shape index (κ3) is 3.69. The molecule has 1 heterocycles. The molecule has 1 aliphatic rings. The first-order chi connectivity index (χ1) is 8.51. The van der Waals surface area contributed by atoms with Crippen LogP contribution in [0.25, 0.3) is 0 Å². The van der Waals surface area contributed by atoms with Gasteiger partial charge < -0.3 is 11.1 Å². The summed E-state index contributed by atoms with van der Waals surface area (Å²) in [5.41, 5.74) is 5.83. The monoisotopic (exact) mass is 255 g/mol. The number of nitrogens with zero attached hydrogens (tertiary/aromatic N) is 1. The highest BCUT2D eigenvalue weighted by atomic mass is 16.2. The predicted molar refractivity (Wildman–Crippen MR) is 75.3 cm³/mol. The van der Waals surface area contributed by atoms with Gasteiger partial charge >= 0.3 is 0 Å². The Labute approximate surface area is 111 Å². The third-order valence-corrected chi connectivity index (χ3v) is 4.15. The number of hydrogen-bond acceptors (Lipinski definition) is 3. The van der Waals surface area contributed by atoms with E-state index < -0.39 is 0 Å². The van der Waals surface area contributed by atoms with Crippen molar-refractivity contribution in [1.29, 1.82) is 0 Å². The summed E-state index contributed by atoms with van der Waals surface area (Å²) >= 11 is 0. The third-order valence-electron chi connectivity index (χ3n) is 4.15. The lowest BCUT2D eigenvalue weighted by Crippen LogP contribution is -2.51. The van der Waals surface area contributed by atoms with Crippen LogP contribution in [0.5, 0.6) is 0 Å². The molecule has 0 aromatic carbocycles. The lowest BCUT2D eigenvalue weighted by molar-refractivity contribution is -0.126. The summed E-state index contributed by atoms with van der Waals surface area (Å²) in [7, 11) is 0. The number of rotatable bonds is 6. The summed E-state index contributed by atoms with van der Waals surface area (Å²) < 4.78 is 0. The smallest absolute Gasteiger partial charge is 0.237 e. The van der Waals surface area contributed by atoms with Gasteiger partial charge in [0.15, 0.2) is 0 Å². The highest BCUT2D eigenvalue weighted by Crippen LogP contribution is 2.25. The van der Waals surface area contributed by atoms with E-state index >= 15 is 0 Å². The minimum absolute atomic E-state index is 0.0668. The molecular weight excluding hydrogens is 226 g/mol. The maximum Gasteiger partial charge on any atom is 0.237 e. The largest absolute Gasteiger partial charge is 0.352 e. The Hall–Kier alpha value is -0.610. The topological polar surface area (TPSA) is 58.4 Å². The van der Waals surface area contributed by atoms with Crippen LogP contribution in [0, 0.1) is 5.92 Å². The van der Waals surface area contributed by atoms with Gasteiger partial charge in [0.1, 0.15) is 0 Å². The molecule has 0 bridgehead atoms. The van der Waals surface area contributed by atoms with E-state index in [9.17, 15) is 4.79 Å². The van der Waals surface area contributed by atoms with Crippen LogP contribution in [0.1, 0.15) is 47.0 Å². The molecular formula is C14H29N3O. The van der Waals surface area contributed by atoms with Crippen LogP contribution in [0.2, 0.25) is 0 Å². The Morgan fingerprint density at radius 2 is 2.17 bits per heavy atom. The van der Waals surface area contributed by atoms with Crippen LogP contribution in [0.15, 0.2) is 0 Å². The van der Waals surface area contributed by atoms with E-state index in [-0.39, 0.29) is 18.0 Å². The van der Waals surface area contributed by atoms with Crippen LogP contribution < -0.4 is 11.1 Å². The van der Waals surface area contributed by atoms with Gasteiger partial charge in [0.05, 0.1) is 6.04 Å². The molecule has 106 valence electrons. The van der Waals surface area contributed by atoms with Crippen molar-refractivity contribution in [2.45, 2.75) is 65.1 Å². The number of nitrogens with two attached hydrogens (primary N) is 1. The van der Waals surface area contributed by atoms with Crippen molar-refractivity contribution in [3.05, 3.63) is 0 Å². The highest BCUT2D eigenvalue weighted by Gasteiger charge is 2.35. The molecule has 0 radical (unpaired) electrons. The average molecular weight is 255 g/mol. The van der Waals surface area contributed by atoms with E-state index in [0.717, 1.165) is 25.8 Å². The lowest BCUT2D eigenvalue weighted by Gasteiger charge is -2.31. The molecule has 4 nitrogen and oxygen atoms in total. The fourth-order valence-corrected chi connectivity index (χ4v) is 2.91. The van der Waals surface area contributed by atoms with Crippen LogP contribution in [-0.2, 0) is 4.79 Å². The Bertz CT molecular complexity index is 270. The second-order valence-corrected chi connectivity index (χ2v) is 5.68. The second-order valence-electron chi connectivity index (χ2n) is 5.68. The van der Waals surface area contributed by atoms with Crippen molar-refractivity contribution in [3.63, 3.8) is 0 Å². The summed E-state index contributed by atoms with van der Waals surface area (Å²) in [5, 5.41) is 3.10. The van der Waals surface area contributed by atoms with Gasteiger partial charge in [0.2, 0.25) is 5.91 Å². The zero-order chi connectivity index (χ0) is 13.7. The molecule has 1 aliphatic heterocycles. The summed E-state index contributed by atoms with van der Waals surface area (Å²) in [6.07, 6.45) is 3.28. The highest BCUT2D eigenvalue weighted by molar-refractivity contribution is 5.81. The van der Waals surface area contributed by atoms with Crippen LogP contribution in [-0.4, -0.2) is 42.0 Å². The first kappa shape index (κ1) is 15.4. The van der Waals surface area contributed by atoms with E-state index in [1.165, 1.54) is 0 Å².